The van der Waals surface area contributed by atoms with E-state index in [1.54, 1.807) is 7.11 Å². The van der Waals surface area contributed by atoms with Gasteiger partial charge in [0.05, 0.1) is 7.11 Å². The molecule has 4 N–H and O–H groups in total. The van der Waals surface area contributed by atoms with Crippen molar-refractivity contribution in [2.75, 3.05) is 13.7 Å². The fourth-order valence-electron chi connectivity index (χ4n) is 1.91. The summed E-state index contributed by atoms with van der Waals surface area (Å²) in [6, 6.07) is 8.01. The molecule has 2 rings (SSSR count). The minimum absolute atomic E-state index is 0.0711. The van der Waals surface area contributed by atoms with E-state index in [-0.39, 0.29) is 6.04 Å². The molecule has 2 aromatic rings. The lowest BCUT2D eigenvalue weighted by Gasteiger charge is -2.06. The largest absolute Gasteiger partial charge is 0.497 e. The minimum atomic E-state index is 0.0711. The summed E-state index contributed by atoms with van der Waals surface area (Å²) in [5.41, 5.74) is 12.6. The quantitative estimate of drug-likeness (QED) is 0.804. The second-order valence-corrected chi connectivity index (χ2v) is 5.51. The van der Waals surface area contributed by atoms with Gasteiger partial charge in [-0.1, -0.05) is 12.1 Å². The molecule has 1 heterocycles. The van der Waals surface area contributed by atoms with Gasteiger partial charge in [0.2, 0.25) is 0 Å². The van der Waals surface area contributed by atoms with Gasteiger partial charge in [0.15, 0.2) is 0 Å². The number of aromatic nitrogens is 2. The van der Waals surface area contributed by atoms with Gasteiger partial charge in [-0.05, 0) is 42.2 Å². The van der Waals surface area contributed by atoms with Gasteiger partial charge in [-0.15, -0.1) is 0 Å². The molecule has 0 aliphatic heterocycles. The van der Waals surface area contributed by atoms with Crippen molar-refractivity contribution in [1.29, 1.82) is 0 Å². The van der Waals surface area contributed by atoms with Gasteiger partial charge in [0, 0.05) is 18.9 Å². The number of hydrogen-bond donors (Lipinski definition) is 2. The van der Waals surface area contributed by atoms with Gasteiger partial charge >= 0.3 is 0 Å². The third kappa shape index (κ3) is 4.26. The maximum Gasteiger partial charge on any atom is 0.146 e. The molecule has 108 valence electrons. The monoisotopic (exact) mass is 292 g/mol. The van der Waals surface area contributed by atoms with Crippen LogP contribution < -0.4 is 16.2 Å². The first kappa shape index (κ1) is 14.9. The highest BCUT2D eigenvalue weighted by atomic mass is 32.1. The zero-order valence-corrected chi connectivity index (χ0v) is 12.4. The lowest BCUT2D eigenvalue weighted by atomic mass is 10.1. The maximum atomic E-state index is 5.96. The van der Waals surface area contributed by atoms with Crippen LogP contribution >= 0.6 is 11.5 Å². The normalized spacial score (nSPS) is 12.3. The Morgan fingerprint density at radius 1 is 1.30 bits per heavy atom. The van der Waals surface area contributed by atoms with Crippen molar-refractivity contribution in [3.05, 3.63) is 40.7 Å². The van der Waals surface area contributed by atoms with Gasteiger partial charge < -0.3 is 16.2 Å². The molecule has 0 saturated heterocycles. The molecular weight excluding hydrogens is 272 g/mol. The summed E-state index contributed by atoms with van der Waals surface area (Å²) in [4.78, 5) is 4.53. The summed E-state index contributed by atoms with van der Waals surface area (Å²) in [7, 11) is 1.66. The van der Waals surface area contributed by atoms with Crippen LogP contribution in [-0.2, 0) is 12.8 Å². The Morgan fingerprint density at radius 2 is 2.05 bits per heavy atom. The summed E-state index contributed by atoms with van der Waals surface area (Å²) in [5, 5.41) is 0.981. The number of nitrogens with zero attached hydrogens (tertiary/aromatic N) is 2. The van der Waals surface area contributed by atoms with E-state index in [0.717, 1.165) is 35.8 Å². The fourth-order valence-corrected chi connectivity index (χ4v) is 2.66. The Hall–Kier alpha value is -1.50. The predicted molar refractivity (Wildman–Crippen MR) is 81.1 cm³/mol. The Bertz CT molecular complexity index is 526. The lowest BCUT2D eigenvalue weighted by Crippen LogP contribution is -2.25. The zero-order valence-electron chi connectivity index (χ0n) is 11.6. The van der Waals surface area contributed by atoms with Crippen LogP contribution in [0.5, 0.6) is 5.75 Å². The fraction of sp³-hybridized carbons (Fsp3) is 0.429. The molecule has 0 bridgehead atoms. The number of ether oxygens (including phenoxy) is 1. The van der Waals surface area contributed by atoms with Crippen molar-refractivity contribution in [2.24, 2.45) is 11.5 Å². The Morgan fingerprint density at radius 3 is 2.70 bits per heavy atom. The van der Waals surface area contributed by atoms with Crippen LogP contribution in [0.1, 0.15) is 22.8 Å². The number of hydrogen-bond acceptors (Lipinski definition) is 6. The van der Waals surface area contributed by atoms with Crippen molar-refractivity contribution in [3.8, 4) is 5.75 Å². The highest BCUT2D eigenvalue weighted by Crippen LogP contribution is 2.15. The van der Waals surface area contributed by atoms with E-state index in [1.807, 2.05) is 24.3 Å². The average Bonchev–Trinajstić information content (AvgIpc) is 2.87. The molecule has 0 radical (unpaired) electrons. The number of methoxy groups -OCH3 is 1. The molecule has 20 heavy (non-hydrogen) atoms. The number of nitrogens with two attached hydrogens (primary N) is 2. The molecule has 0 fully saturated rings. The van der Waals surface area contributed by atoms with E-state index in [1.165, 1.54) is 17.1 Å². The van der Waals surface area contributed by atoms with Crippen LogP contribution in [0.4, 0.5) is 0 Å². The van der Waals surface area contributed by atoms with Crippen LogP contribution in [0, 0.1) is 0 Å². The molecule has 1 atom stereocenters. The zero-order chi connectivity index (χ0) is 14.4. The molecule has 0 aliphatic rings. The van der Waals surface area contributed by atoms with Crippen LogP contribution in [0.25, 0.3) is 0 Å². The van der Waals surface area contributed by atoms with Crippen LogP contribution in [-0.4, -0.2) is 29.1 Å². The van der Waals surface area contributed by atoms with Gasteiger partial charge in [-0.3, -0.25) is 0 Å². The lowest BCUT2D eigenvalue weighted by molar-refractivity contribution is 0.414. The van der Waals surface area contributed by atoms with E-state index in [9.17, 15) is 0 Å². The van der Waals surface area contributed by atoms with Gasteiger partial charge in [0.1, 0.15) is 16.6 Å². The molecule has 1 aromatic heterocycles. The first-order valence-corrected chi connectivity index (χ1v) is 7.38. The molecule has 0 spiro atoms. The van der Waals surface area contributed by atoms with Crippen LogP contribution in [0.3, 0.4) is 0 Å². The molecular formula is C14H20N4OS. The van der Waals surface area contributed by atoms with Crippen molar-refractivity contribution in [3.63, 3.8) is 0 Å². The number of rotatable bonds is 7. The smallest absolute Gasteiger partial charge is 0.146 e. The highest BCUT2D eigenvalue weighted by Gasteiger charge is 2.09. The van der Waals surface area contributed by atoms with E-state index in [0.29, 0.717) is 6.54 Å². The number of benzene rings is 1. The Kier molecular flexibility index (Phi) is 5.46. The summed E-state index contributed by atoms with van der Waals surface area (Å²) < 4.78 is 9.52. The first-order valence-electron chi connectivity index (χ1n) is 6.61. The second kappa shape index (κ2) is 7.33. The highest BCUT2D eigenvalue weighted by molar-refractivity contribution is 7.05. The molecule has 1 unspecified atom stereocenters. The van der Waals surface area contributed by atoms with Gasteiger partial charge in [-0.2, -0.15) is 4.37 Å². The van der Waals surface area contributed by atoms with E-state index < -0.39 is 0 Å². The van der Waals surface area contributed by atoms with Crippen molar-refractivity contribution < 1.29 is 4.74 Å². The SMILES string of the molecule is COc1ccc(Cc2nsc(CC(N)CCN)n2)cc1. The Balaban J connectivity index is 1.94. The molecule has 0 saturated carbocycles. The summed E-state index contributed by atoms with van der Waals surface area (Å²) in [5.74, 6) is 1.70. The molecule has 6 heteroatoms. The summed E-state index contributed by atoms with van der Waals surface area (Å²) >= 11 is 1.42. The van der Waals surface area contributed by atoms with E-state index in [4.69, 9.17) is 16.2 Å². The molecule has 0 aliphatic carbocycles. The second-order valence-electron chi connectivity index (χ2n) is 4.67. The topological polar surface area (TPSA) is 87.0 Å². The van der Waals surface area contributed by atoms with E-state index >= 15 is 0 Å². The first-order chi connectivity index (χ1) is 9.71. The molecule has 1 aromatic carbocycles. The Labute approximate surface area is 123 Å². The van der Waals surface area contributed by atoms with E-state index in [2.05, 4.69) is 9.36 Å². The predicted octanol–water partition coefficient (Wildman–Crippen LogP) is 1.36. The summed E-state index contributed by atoms with van der Waals surface area (Å²) in [6.45, 7) is 0.610. The summed E-state index contributed by atoms with van der Waals surface area (Å²) in [6.07, 6.45) is 2.29. The molecule has 0 amide bonds. The van der Waals surface area contributed by atoms with Crippen molar-refractivity contribution >= 4 is 11.5 Å². The third-order valence-corrected chi connectivity index (χ3v) is 3.78. The third-order valence-electron chi connectivity index (χ3n) is 3.01. The van der Waals surface area contributed by atoms with Crippen LogP contribution in [0.2, 0.25) is 0 Å². The molecule has 5 nitrogen and oxygen atoms in total. The van der Waals surface area contributed by atoms with Gasteiger partial charge in [-0.25, -0.2) is 4.98 Å². The standard InChI is InChI=1S/C14H20N4OS/c1-19-12-4-2-10(3-5-12)8-13-17-14(20-18-13)9-11(16)6-7-15/h2-5,11H,6-9,15-16H2,1H3. The van der Waals surface area contributed by atoms with Crippen molar-refractivity contribution in [1.82, 2.24) is 9.36 Å². The van der Waals surface area contributed by atoms with Crippen LogP contribution in [0.15, 0.2) is 24.3 Å². The van der Waals surface area contributed by atoms with Crippen molar-refractivity contribution in [2.45, 2.75) is 25.3 Å². The minimum Gasteiger partial charge on any atom is -0.497 e. The van der Waals surface area contributed by atoms with Gasteiger partial charge in [0.25, 0.3) is 0 Å². The average molecular weight is 292 g/mol. The maximum absolute atomic E-state index is 5.96.